The number of halogens is 1. The van der Waals surface area contributed by atoms with Gasteiger partial charge in [0.25, 0.3) is 5.91 Å². The first kappa shape index (κ1) is 16.4. The van der Waals surface area contributed by atoms with E-state index < -0.39 is 0 Å². The maximum atomic E-state index is 12.9. The summed E-state index contributed by atoms with van der Waals surface area (Å²) in [6.07, 6.45) is 5.45. The van der Waals surface area contributed by atoms with Crippen molar-refractivity contribution in [3.63, 3.8) is 0 Å². The van der Waals surface area contributed by atoms with E-state index in [9.17, 15) is 4.79 Å². The number of nitrogens with one attached hydrogen (secondary N) is 1. The number of hydrogen-bond acceptors (Lipinski definition) is 2. The van der Waals surface area contributed by atoms with Crippen molar-refractivity contribution in [3.05, 3.63) is 23.0 Å². The molecule has 2 heterocycles. The summed E-state index contributed by atoms with van der Waals surface area (Å²) < 4.78 is 1.92. The molecule has 21 heavy (non-hydrogen) atoms. The van der Waals surface area contributed by atoms with Crippen LogP contribution in [0.4, 0.5) is 0 Å². The monoisotopic (exact) mass is 311 g/mol. The molecule has 1 aromatic rings. The lowest BCUT2D eigenvalue weighted by Gasteiger charge is -2.33. The highest BCUT2D eigenvalue weighted by atomic mass is 35.5. The van der Waals surface area contributed by atoms with E-state index in [1.807, 2.05) is 22.6 Å². The Bertz CT molecular complexity index is 478. The minimum atomic E-state index is 0.0751. The van der Waals surface area contributed by atoms with E-state index >= 15 is 0 Å². The molecule has 1 amide bonds. The first-order chi connectivity index (χ1) is 10.0. The van der Waals surface area contributed by atoms with E-state index in [1.165, 1.54) is 12.8 Å². The smallest absolute Gasteiger partial charge is 0.270 e. The Morgan fingerprint density at radius 2 is 2.29 bits per heavy atom. The first-order valence-corrected chi connectivity index (χ1v) is 8.30. The van der Waals surface area contributed by atoms with Crippen LogP contribution in [0.25, 0.3) is 0 Å². The van der Waals surface area contributed by atoms with Gasteiger partial charge >= 0.3 is 0 Å². The van der Waals surface area contributed by atoms with Gasteiger partial charge in [0.1, 0.15) is 5.69 Å². The molecule has 1 unspecified atom stereocenters. The normalized spacial score (nSPS) is 19.0. The number of carbonyl (C=O) groups excluding carboxylic acids is 1. The minimum absolute atomic E-state index is 0.0751. The topological polar surface area (TPSA) is 37.3 Å². The van der Waals surface area contributed by atoms with E-state index in [0.717, 1.165) is 26.1 Å². The summed E-state index contributed by atoms with van der Waals surface area (Å²) in [5.41, 5.74) is 0.687. The Kier molecular flexibility index (Phi) is 5.71. The largest absolute Gasteiger partial charge is 0.342 e. The average molecular weight is 312 g/mol. The van der Waals surface area contributed by atoms with Crippen LogP contribution in [0.15, 0.2) is 12.3 Å². The van der Waals surface area contributed by atoms with Gasteiger partial charge in [-0.3, -0.25) is 4.79 Å². The molecule has 1 aromatic heterocycles. The van der Waals surface area contributed by atoms with Crippen LogP contribution >= 0.6 is 11.6 Å². The Labute approximate surface area is 132 Å². The molecule has 5 heteroatoms. The van der Waals surface area contributed by atoms with Gasteiger partial charge in [-0.15, -0.1) is 0 Å². The van der Waals surface area contributed by atoms with E-state index in [4.69, 9.17) is 11.6 Å². The molecule has 0 saturated carbocycles. The second-order valence-corrected chi connectivity index (χ2v) is 6.46. The fraction of sp³-hybridized carbons (Fsp3) is 0.688. The summed E-state index contributed by atoms with van der Waals surface area (Å²) in [6, 6.07) is 2.36. The predicted molar refractivity (Wildman–Crippen MR) is 86.9 cm³/mol. The first-order valence-electron chi connectivity index (χ1n) is 7.93. The number of rotatable bonds is 5. The van der Waals surface area contributed by atoms with Gasteiger partial charge in [0.2, 0.25) is 0 Å². The highest BCUT2D eigenvalue weighted by Gasteiger charge is 2.25. The Morgan fingerprint density at radius 3 is 2.86 bits per heavy atom. The van der Waals surface area contributed by atoms with Gasteiger partial charge in [0.15, 0.2) is 0 Å². The molecule has 1 N–H and O–H groups in total. The van der Waals surface area contributed by atoms with Gasteiger partial charge in [-0.1, -0.05) is 18.0 Å². The molecule has 0 radical (unpaired) electrons. The van der Waals surface area contributed by atoms with Crippen molar-refractivity contribution in [1.82, 2.24) is 14.8 Å². The van der Waals surface area contributed by atoms with E-state index in [-0.39, 0.29) is 11.9 Å². The highest BCUT2D eigenvalue weighted by Crippen LogP contribution is 2.18. The predicted octanol–water partition coefficient (Wildman–Crippen LogP) is 3.15. The molecule has 1 saturated heterocycles. The molecule has 0 aromatic carbocycles. The van der Waals surface area contributed by atoms with Crippen LogP contribution in [0.1, 0.15) is 50.5 Å². The van der Waals surface area contributed by atoms with Crippen molar-refractivity contribution >= 4 is 17.5 Å². The fourth-order valence-corrected chi connectivity index (χ4v) is 3.13. The minimum Gasteiger partial charge on any atom is -0.342 e. The maximum absolute atomic E-state index is 12.9. The van der Waals surface area contributed by atoms with Crippen molar-refractivity contribution in [2.45, 2.75) is 58.7 Å². The second-order valence-electron chi connectivity index (χ2n) is 6.03. The third-order valence-electron chi connectivity index (χ3n) is 4.14. The van der Waals surface area contributed by atoms with Gasteiger partial charge in [-0.2, -0.15) is 0 Å². The van der Waals surface area contributed by atoms with Crippen molar-refractivity contribution in [3.8, 4) is 0 Å². The highest BCUT2D eigenvalue weighted by molar-refractivity contribution is 6.31. The van der Waals surface area contributed by atoms with Crippen LogP contribution in [0.2, 0.25) is 5.02 Å². The quantitative estimate of drug-likeness (QED) is 0.907. The van der Waals surface area contributed by atoms with Gasteiger partial charge < -0.3 is 14.8 Å². The lowest BCUT2D eigenvalue weighted by molar-refractivity contribution is 0.0666. The standard InChI is InChI=1S/C16H26ClN3O/c1-4-19-10-13(17)9-15(19)16(21)20(12(2)3)11-14-7-5-6-8-18-14/h9-10,12,14,18H,4-8,11H2,1-3H3. The van der Waals surface area contributed by atoms with E-state index in [0.29, 0.717) is 16.8 Å². The lowest BCUT2D eigenvalue weighted by Crippen LogP contribution is -2.48. The van der Waals surface area contributed by atoms with Gasteiger partial charge in [0.05, 0.1) is 5.02 Å². The summed E-state index contributed by atoms with van der Waals surface area (Å²) in [5.74, 6) is 0.0751. The van der Waals surface area contributed by atoms with Gasteiger partial charge in [-0.05, 0) is 46.2 Å². The molecule has 0 aliphatic carbocycles. The summed E-state index contributed by atoms with van der Waals surface area (Å²) in [4.78, 5) is 14.8. The molecule has 1 fully saturated rings. The average Bonchev–Trinajstić information content (AvgIpc) is 2.86. The third-order valence-corrected chi connectivity index (χ3v) is 4.34. The molecular formula is C16H26ClN3O. The number of piperidine rings is 1. The molecule has 0 spiro atoms. The summed E-state index contributed by atoms with van der Waals surface area (Å²) >= 11 is 6.06. The summed E-state index contributed by atoms with van der Waals surface area (Å²) in [7, 11) is 0. The zero-order valence-corrected chi connectivity index (χ0v) is 14.0. The van der Waals surface area contributed by atoms with Crippen LogP contribution in [-0.4, -0.2) is 40.5 Å². The second kappa shape index (κ2) is 7.32. The molecule has 118 valence electrons. The zero-order chi connectivity index (χ0) is 15.4. The van der Waals surface area contributed by atoms with Crippen molar-refractivity contribution in [2.75, 3.05) is 13.1 Å². The SMILES string of the molecule is CCn1cc(Cl)cc1C(=O)N(CC1CCCCN1)C(C)C. The molecule has 4 nitrogen and oxygen atoms in total. The third kappa shape index (κ3) is 4.01. The number of hydrogen-bond donors (Lipinski definition) is 1. The molecular weight excluding hydrogens is 286 g/mol. The van der Waals surface area contributed by atoms with Gasteiger partial charge in [-0.25, -0.2) is 0 Å². The van der Waals surface area contributed by atoms with Crippen LogP contribution < -0.4 is 5.32 Å². The number of aryl methyl sites for hydroxylation is 1. The molecule has 1 aliphatic rings. The molecule has 1 aliphatic heterocycles. The van der Waals surface area contributed by atoms with Gasteiger partial charge in [0, 0.05) is 31.4 Å². The molecule has 0 bridgehead atoms. The number of amides is 1. The van der Waals surface area contributed by atoms with Crippen molar-refractivity contribution in [2.24, 2.45) is 0 Å². The van der Waals surface area contributed by atoms with Crippen molar-refractivity contribution in [1.29, 1.82) is 0 Å². The summed E-state index contributed by atoms with van der Waals surface area (Å²) in [5, 5.41) is 4.14. The van der Waals surface area contributed by atoms with Crippen LogP contribution in [0.3, 0.4) is 0 Å². The van der Waals surface area contributed by atoms with E-state index in [1.54, 1.807) is 6.07 Å². The van der Waals surface area contributed by atoms with Crippen LogP contribution in [-0.2, 0) is 6.54 Å². The molecule has 2 rings (SSSR count). The fourth-order valence-electron chi connectivity index (χ4n) is 2.91. The zero-order valence-electron chi connectivity index (χ0n) is 13.2. The van der Waals surface area contributed by atoms with Crippen molar-refractivity contribution < 1.29 is 4.79 Å². The Hall–Kier alpha value is -1.00. The lowest BCUT2D eigenvalue weighted by atomic mass is 10.0. The maximum Gasteiger partial charge on any atom is 0.270 e. The van der Waals surface area contributed by atoms with Crippen LogP contribution in [0.5, 0.6) is 0 Å². The number of carbonyl (C=O) groups is 1. The van der Waals surface area contributed by atoms with E-state index in [2.05, 4.69) is 19.2 Å². The Morgan fingerprint density at radius 1 is 1.52 bits per heavy atom. The number of aromatic nitrogens is 1. The number of nitrogens with zero attached hydrogens (tertiary/aromatic N) is 2. The van der Waals surface area contributed by atoms with Crippen LogP contribution in [0, 0.1) is 0 Å². The summed E-state index contributed by atoms with van der Waals surface area (Å²) in [6.45, 7) is 8.74. The Balaban J connectivity index is 2.14. The molecule has 1 atom stereocenters.